The molecule has 1 amide bonds. The maximum absolute atomic E-state index is 12.8. The van der Waals surface area contributed by atoms with Gasteiger partial charge in [0.15, 0.2) is 0 Å². The number of ether oxygens (including phenoxy) is 1. The number of amides is 1. The molecule has 0 radical (unpaired) electrons. The predicted molar refractivity (Wildman–Crippen MR) is 99.0 cm³/mol. The zero-order chi connectivity index (χ0) is 17.9. The van der Waals surface area contributed by atoms with Gasteiger partial charge in [-0.05, 0) is 42.7 Å². The molecule has 1 aliphatic heterocycles. The summed E-state index contributed by atoms with van der Waals surface area (Å²) in [4.78, 5) is 14.8. The second kappa shape index (κ2) is 7.15. The number of aromatic nitrogens is 3. The first kappa shape index (κ1) is 16.6. The van der Waals surface area contributed by atoms with Crippen LogP contribution in [0.25, 0.3) is 11.0 Å². The molecular weight excluding hydrogens is 328 g/mol. The topological polar surface area (TPSA) is 60.2 Å². The second-order valence-corrected chi connectivity index (χ2v) is 6.67. The molecule has 0 N–H and O–H groups in total. The van der Waals surface area contributed by atoms with E-state index in [9.17, 15) is 4.79 Å². The third kappa shape index (κ3) is 3.27. The normalized spacial score (nSPS) is 17.0. The van der Waals surface area contributed by atoms with Gasteiger partial charge in [0, 0.05) is 6.54 Å². The van der Waals surface area contributed by atoms with E-state index in [1.165, 1.54) is 0 Å². The third-order valence-electron chi connectivity index (χ3n) is 5.02. The van der Waals surface area contributed by atoms with Crippen LogP contribution in [0.5, 0.6) is 5.75 Å². The van der Waals surface area contributed by atoms with E-state index < -0.39 is 0 Å². The van der Waals surface area contributed by atoms with E-state index in [2.05, 4.69) is 10.3 Å². The number of carbonyl (C=O) groups excluding carboxylic acids is 1. The van der Waals surface area contributed by atoms with Crippen LogP contribution >= 0.6 is 0 Å². The zero-order valence-electron chi connectivity index (χ0n) is 14.8. The van der Waals surface area contributed by atoms with E-state index >= 15 is 0 Å². The molecule has 0 aliphatic carbocycles. The van der Waals surface area contributed by atoms with E-state index in [0.29, 0.717) is 13.0 Å². The van der Waals surface area contributed by atoms with Crippen LogP contribution in [0.1, 0.15) is 18.4 Å². The Morgan fingerprint density at radius 3 is 2.81 bits per heavy atom. The van der Waals surface area contributed by atoms with Crippen LogP contribution in [0.3, 0.4) is 0 Å². The number of fused-ring (bicyclic) bond motifs is 1. The van der Waals surface area contributed by atoms with Gasteiger partial charge >= 0.3 is 0 Å². The SMILES string of the molecule is COc1ccc(CC(=O)N2CCC[C@@H]2Cn2nnc3ccccc32)cc1. The maximum atomic E-state index is 12.8. The Hall–Kier alpha value is -2.89. The molecule has 134 valence electrons. The van der Waals surface area contributed by atoms with Gasteiger partial charge in [0.2, 0.25) is 5.91 Å². The highest BCUT2D eigenvalue weighted by atomic mass is 16.5. The van der Waals surface area contributed by atoms with Crippen LogP contribution in [0, 0.1) is 0 Å². The van der Waals surface area contributed by atoms with E-state index in [1.54, 1.807) is 7.11 Å². The summed E-state index contributed by atoms with van der Waals surface area (Å²) in [6.45, 7) is 1.50. The monoisotopic (exact) mass is 350 g/mol. The lowest BCUT2D eigenvalue weighted by Crippen LogP contribution is -2.39. The molecule has 1 aromatic heterocycles. The number of nitrogens with zero attached hydrogens (tertiary/aromatic N) is 4. The van der Waals surface area contributed by atoms with E-state index in [-0.39, 0.29) is 11.9 Å². The smallest absolute Gasteiger partial charge is 0.227 e. The molecular formula is C20H22N4O2. The Bertz CT molecular complexity index is 904. The van der Waals surface area contributed by atoms with Gasteiger partial charge in [0.05, 0.1) is 31.6 Å². The van der Waals surface area contributed by atoms with Crippen LogP contribution < -0.4 is 4.74 Å². The zero-order valence-corrected chi connectivity index (χ0v) is 14.8. The van der Waals surface area contributed by atoms with Crippen molar-refractivity contribution >= 4 is 16.9 Å². The molecule has 3 aromatic rings. The molecule has 26 heavy (non-hydrogen) atoms. The largest absolute Gasteiger partial charge is 0.497 e. The van der Waals surface area contributed by atoms with Gasteiger partial charge in [-0.1, -0.05) is 29.5 Å². The van der Waals surface area contributed by atoms with Crippen molar-refractivity contribution in [3.05, 3.63) is 54.1 Å². The Morgan fingerprint density at radius 2 is 2.00 bits per heavy atom. The number of rotatable bonds is 5. The minimum Gasteiger partial charge on any atom is -0.497 e. The minimum absolute atomic E-state index is 0.169. The number of carbonyl (C=O) groups is 1. The first-order valence-corrected chi connectivity index (χ1v) is 8.95. The van der Waals surface area contributed by atoms with Crippen LogP contribution in [0.2, 0.25) is 0 Å². The Balaban J connectivity index is 1.46. The first-order valence-electron chi connectivity index (χ1n) is 8.95. The number of hydrogen-bond acceptors (Lipinski definition) is 4. The van der Waals surface area contributed by atoms with Crippen molar-refractivity contribution in [2.45, 2.75) is 31.8 Å². The maximum Gasteiger partial charge on any atom is 0.227 e. The highest BCUT2D eigenvalue weighted by Gasteiger charge is 2.29. The summed E-state index contributed by atoms with van der Waals surface area (Å²) in [6, 6.07) is 15.8. The summed E-state index contributed by atoms with van der Waals surface area (Å²) < 4.78 is 7.09. The molecule has 6 heteroatoms. The fraction of sp³-hybridized carbons (Fsp3) is 0.350. The Kier molecular flexibility index (Phi) is 4.56. The number of hydrogen-bond donors (Lipinski definition) is 0. The summed E-state index contributed by atoms with van der Waals surface area (Å²) in [5, 5.41) is 8.48. The quantitative estimate of drug-likeness (QED) is 0.710. The van der Waals surface area contributed by atoms with Crippen molar-refractivity contribution in [1.29, 1.82) is 0 Å². The van der Waals surface area contributed by atoms with Crippen molar-refractivity contribution in [1.82, 2.24) is 19.9 Å². The molecule has 0 bridgehead atoms. The van der Waals surface area contributed by atoms with Gasteiger partial charge < -0.3 is 9.64 Å². The fourth-order valence-corrected chi connectivity index (χ4v) is 3.63. The molecule has 2 aromatic carbocycles. The standard InChI is InChI=1S/C20H22N4O2/c1-26-17-10-8-15(9-11-17)13-20(25)23-12-4-5-16(23)14-24-19-7-3-2-6-18(19)21-22-24/h2-3,6-11,16H,4-5,12-14H2,1H3/t16-/m1/s1. The van der Waals surface area contributed by atoms with Gasteiger partial charge in [-0.25, -0.2) is 4.68 Å². The fourth-order valence-electron chi connectivity index (χ4n) is 3.63. The molecule has 1 fully saturated rings. The van der Waals surface area contributed by atoms with Gasteiger partial charge in [-0.15, -0.1) is 5.10 Å². The lowest BCUT2D eigenvalue weighted by Gasteiger charge is -2.25. The van der Waals surface area contributed by atoms with Crippen LogP contribution in [-0.2, 0) is 17.8 Å². The van der Waals surface area contributed by atoms with Gasteiger partial charge in [-0.2, -0.15) is 0 Å². The molecule has 6 nitrogen and oxygen atoms in total. The lowest BCUT2D eigenvalue weighted by atomic mass is 10.1. The molecule has 2 heterocycles. The van der Waals surface area contributed by atoms with Crippen molar-refractivity contribution in [2.75, 3.05) is 13.7 Å². The van der Waals surface area contributed by atoms with Crippen molar-refractivity contribution in [3.63, 3.8) is 0 Å². The molecule has 1 saturated heterocycles. The Labute approximate surface area is 152 Å². The summed E-state index contributed by atoms with van der Waals surface area (Å²) in [5.74, 6) is 0.973. The van der Waals surface area contributed by atoms with E-state index in [4.69, 9.17) is 4.74 Å². The summed E-state index contributed by atoms with van der Waals surface area (Å²) in [5.41, 5.74) is 2.91. The van der Waals surface area contributed by atoms with E-state index in [0.717, 1.165) is 41.7 Å². The van der Waals surface area contributed by atoms with Gasteiger partial charge in [0.25, 0.3) is 0 Å². The minimum atomic E-state index is 0.169. The highest BCUT2D eigenvalue weighted by molar-refractivity contribution is 5.79. The summed E-state index contributed by atoms with van der Waals surface area (Å²) in [6.07, 6.45) is 2.45. The van der Waals surface area contributed by atoms with Crippen LogP contribution in [0.4, 0.5) is 0 Å². The predicted octanol–water partition coefficient (Wildman–Crippen LogP) is 2.67. The average molecular weight is 350 g/mol. The van der Waals surface area contributed by atoms with Crippen molar-refractivity contribution < 1.29 is 9.53 Å². The summed E-state index contributed by atoms with van der Waals surface area (Å²) in [7, 11) is 1.64. The number of methoxy groups -OCH3 is 1. The molecule has 1 aliphatic rings. The summed E-state index contributed by atoms with van der Waals surface area (Å²) >= 11 is 0. The van der Waals surface area contributed by atoms with Crippen molar-refractivity contribution in [2.24, 2.45) is 0 Å². The molecule has 0 spiro atoms. The lowest BCUT2D eigenvalue weighted by molar-refractivity contribution is -0.131. The molecule has 1 atom stereocenters. The number of benzene rings is 2. The second-order valence-electron chi connectivity index (χ2n) is 6.67. The van der Waals surface area contributed by atoms with Crippen molar-refractivity contribution in [3.8, 4) is 5.75 Å². The van der Waals surface area contributed by atoms with Gasteiger partial charge in [-0.3, -0.25) is 4.79 Å². The molecule has 0 unspecified atom stereocenters. The molecule has 4 rings (SSSR count). The van der Waals surface area contributed by atoms with Crippen LogP contribution in [0.15, 0.2) is 48.5 Å². The average Bonchev–Trinajstić information content (AvgIpc) is 3.30. The first-order chi connectivity index (χ1) is 12.7. The third-order valence-corrected chi connectivity index (χ3v) is 5.02. The number of likely N-dealkylation sites (tertiary alicyclic amines) is 1. The van der Waals surface area contributed by atoms with Crippen LogP contribution in [-0.4, -0.2) is 45.5 Å². The highest BCUT2D eigenvalue weighted by Crippen LogP contribution is 2.22. The molecule has 0 saturated carbocycles. The number of para-hydroxylation sites is 1. The Morgan fingerprint density at radius 1 is 1.19 bits per heavy atom. The van der Waals surface area contributed by atoms with Gasteiger partial charge in [0.1, 0.15) is 11.3 Å². The van der Waals surface area contributed by atoms with E-state index in [1.807, 2.05) is 58.1 Å².